The van der Waals surface area contributed by atoms with E-state index in [9.17, 15) is 4.79 Å². The first kappa shape index (κ1) is 17.4. The molecular weight excluding hydrogens is 362 g/mol. The van der Waals surface area contributed by atoms with Crippen LogP contribution in [0.15, 0.2) is 65.7 Å². The fourth-order valence-corrected chi connectivity index (χ4v) is 3.24. The first-order chi connectivity index (χ1) is 13.3. The molecule has 0 atom stereocenters. The molecule has 7 heteroatoms. The zero-order valence-electron chi connectivity index (χ0n) is 14.4. The number of carbonyl (C=O) groups is 1. The molecule has 0 saturated carbocycles. The van der Waals surface area contributed by atoms with Crippen molar-refractivity contribution in [1.29, 1.82) is 0 Å². The zero-order valence-corrected chi connectivity index (χ0v) is 15.2. The summed E-state index contributed by atoms with van der Waals surface area (Å²) in [4.78, 5) is 12.0. The van der Waals surface area contributed by atoms with Crippen LogP contribution in [-0.4, -0.2) is 28.7 Å². The van der Waals surface area contributed by atoms with Crippen LogP contribution >= 0.6 is 11.8 Å². The number of benzene rings is 2. The van der Waals surface area contributed by atoms with Crippen LogP contribution in [0.1, 0.15) is 5.56 Å². The van der Waals surface area contributed by atoms with Crippen LogP contribution in [0, 0.1) is 0 Å². The molecule has 0 bridgehead atoms. The van der Waals surface area contributed by atoms with Crippen LogP contribution in [-0.2, 0) is 11.3 Å². The fraction of sp³-hybridized carbons (Fsp3) is 0.150. The minimum absolute atomic E-state index is 0.0366. The van der Waals surface area contributed by atoms with Crippen molar-refractivity contribution in [3.8, 4) is 22.8 Å². The number of carbonyl (C=O) groups excluding carboxylic acids is 1. The van der Waals surface area contributed by atoms with E-state index in [-0.39, 0.29) is 12.7 Å². The number of nitrogens with zero attached hydrogens (tertiary/aromatic N) is 2. The lowest BCUT2D eigenvalue weighted by molar-refractivity contribution is -0.118. The van der Waals surface area contributed by atoms with Crippen molar-refractivity contribution in [2.75, 3.05) is 12.5 Å². The molecule has 136 valence electrons. The maximum atomic E-state index is 12.0. The first-order valence-corrected chi connectivity index (χ1v) is 9.44. The average molecular weight is 379 g/mol. The Hall–Kier alpha value is -3.06. The average Bonchev–Trinajstić information content (AvgIpc) is 3.20. The van der Waals surface area contributed by atoms with Gasteiger partial charge in [0.15, 0.2) is 11.5 Å². The van der Waals surface area contributed by atoms with Gasteiger partial charge < -0.3 is 14.8 Å². The van der Waals surface area contributed by atoms with Crippen molar-refractivity contribution in [2.24, 2.45) is 0 Å². The number of amides is 1. The number of nitrogens with one attached hydrogen (secondary N) is 1. The lowest BCUT2D eigenvalue weighted by Gasteiger charge is -2.05. The highest BCUT2D eigenvalue weighted by atomic mass is 32.2. The molecule has 1 amide bonds. The summed E-state index contributed by atoms with van der Waals surface area (Å²) < 4.78 is 10.7. The van der Waals surface area contributed by atoms with Gasteiger partial charge in [0.25, 0.3) is 0 Å². The predicted octanol–water partition coefficient (Wildman–Crippen LogP) is 3.28. The summed E-state index contributed by atoms with van der Waals surface area (Å²) in [7, 11) is 0. The number of hydrogen-bond acceptors (Lipinski definition) is 6. The first-order valence-electron chi connectivity index (χ1n) is 8.45. The molecule has 3 aromatic rings. The second kappa shape index (κ2) is 8.09. The van der Waals surface area contributed by atoms with Crippen molar-refractivity contribution < 1.29 is 14.3 Å². The molecule has 1 aliphatic heterocycles. The summed E-state index contributed by atoms with van der Waals surface area (Å²) >= 11 is 1.36. The Morgan fingerprint density at radius 1 is 1.00 bits per heavy atom. The van der Waals surface area contributed by atoms with Gasteiger partial charge in [0.2, 0.25) is 12.7 Å². The van der Waals surface area contributed by atoms with Crippen molar-refractivity contribution in [3.05, 3.63) is 66.2 Å². The summed E-state index contributed by atoms with van der Waals surface area (Å²) in [5.74, 6) is 1.71. The van der Waals surface area contributed by atoms with Gasteiger partial charge in [-0.3, -0.25) is 4.79 Å². The molecule has 0 unspecified atom stereocenters. The van der Waals surface area contributed by atoms with Crippen LogP contribution in [0.5, 0.6) is 11.5 Å². The van der Waals surface area contributed by atoms with Gasteiger partial charge in [0.1, 0.15) is 5.03 Å². The standard InChI is InChI=1S/C20H17N3O3S/c24-19(21-11-14-4-2-1-3-5-14)12-27-20-9-7-16(22-23-20)15-6-8-17-18(10-15)26-13-25-17/h1-10H,11-13H2,(H,21,24). The van der Waals surface area contributed by atoms with E-state index in [4.69, 9.17) is 9.47 Å². The lowest BCUT2D eigenvalue weighted by Crippen LogP contribution is -2.24. The topological polar surface area (TPSA) is 73.3 Å². The molecule has 0 spiro atoms. The van der Waals surface area contributed by atoms with Crippen molar-refractivity contribution in [1.82, 2.24) is 15.5 Å². The second-order valence-electron chi connectivity index (χ2n) is 5.88. The normalized spacial score (nSPS) is 12.0. The Morgan fingerprint density at radius 2 is 1.85 bits per heavy atom. The molecule has 2 aromatic carbocycles. The second-order valence-corrected chi connectivity index (χ2v) is 6.87. The number of fused-ring (bicyclic) bond motifs is 1. The van der Waals surface area contributed by atoms with Crippen LogP contribution in [0.25, 0.3) is 11.3 Å². The Balaban J connectivity index is 1.31. The van der Waals surface area contributed by atoms with E-state index >= 15 is 0 Å². The maximum Gasteiger partial charge on any atom is 0.231 e. The minimum atomic E-state index is -0.0366. The van der Waals surface area contributed by atoms with E-state index in [1.807, 2.05) is 60.7 Å². The van der Waals surface area contributed by atoms with E-state index < -0.39 is 0 Å². The monoisotopic (exact) mass is 379 g/mol. The van der Waals surface area contributed by atoms with Crippen LogP contribution in [0.4, 0.5) is 0 Å². The third-order valence-electron chi connectivity index (χ3n) is 3.99. The van der Waals surface area contributed by atoms with Crippen LogP contribution < -0.4 is 14.8 Å². The van der Waals surface area contributed by atoms with E-state index in [0.717, 1.165) is 22.6 Å². The molecular formula is C20H17N3O3S. The van der Waals surface area contributed by atoms with E-state index in [1.54, 1.807) is 0 Å². The number of aromatic nitrogens is 2. The summed E-state index contributed by atoms with van der Waals surface area (Å²) in [5.41, 5.74) is 2.72. The molecule has 0 saturated heterocycles. The van der Waals surface area contributed by atoms with E-state index in [2.05, 4.69) is 15.5 Å². The molecule has 4 rings (SSSR count). The molecule has 0 aliphatic carbocycles. The third-order valence-corrected chi connectivity index (χ3v) is 4.91. The molecule has 1 N–H and O–H groups in total. The molecule has 6 nitrogen and oxygen atoms in total. The highest BCUT2D eigenvalue weighted by molar-refractivity contribution is 7.99. The van der Waals surface area contributed by atoms with Crippen molar-refractivity contribution in [2.45, 2.75) is 11.6 Å². The van der Waals surface area contributed by atoms with Crippen LogP contribution in [0.2, 0.25) is 0 Å². The largest absolute Gasteiger partial charge is 0.454 e. The van der Waals surface area contributed by atoms with Gasteiger partial charge in [-0.25, -0.2) is 0 Å². The van der Waals surface area contributed by atoms with Gasteiger partial charge in [0.05, 0.1) is 11.4 Å². The quantitative estimate of drug-likeness (QED) is 0.663. The predicted molar refractivity (Wildman–Crippen MR) is 103 cm³/mol. The Morgan fingerprint density at radius 3 is 2.67 bits per heavy atom. The molecule has 1 aliphatic rings. The maximum absolute atomic E-state index is 12.0. The SMILES string of the molecule is O=C(CSc1ccc(-c2ccc3c(c2)OCO3)nn1)NCc1ccccc1. The molecule has 0 fully saturated rings. The Kier molecular flexibility index (Phi) is 5.20. The van der Waals surface area contributed by atoms with Gasteiger partial charge in [0, 0.05) is 12.1 Å². The number of rotatable bonds is 6. The summed E-state index contributed by atoms with van der Waals surface area (Å²) in [5, 5.41) is 12.0. The highest BCUT2D eigenvalue weighted by Gasteiger charge is 2.14. The summed E-state index contributed by atoms with van der Waals surface area (Å²) in [6, 6.07) is 19.2. The van der Waals surface area contributed by atoms with Crippen molar-refractivity contribution in [3.63, 3.8) is 0 Å². The van der Waals surface area contributed by atoms with Crippen molar-refractivity contribution >= 4 is 17.7 Å². The molecule has 0 radical (unpaired) electrons. The summed E-state index contributed by atoms with van der Waals surface area (Å²) in [6.45, 7) is 0.765. The van der Waals surface area contributed by atoms with Gasteiger partial charge >= 0.3 is 0 Å². The number of ether oxygens (including phenoxy) is 2. The smallest absolute Gasteiger partial charge is 0.231 e. The highest BCUT2D eigenvalue weighted by Crippen LogP contribution is 2.35. The molecule has 27 heavy (non-hydrogen) atoms. The Bertz CT molecular complexity index is 933. The fourth-order valence-electron chi connectivity index (χ4n) is 2.59. The summed E-state index contributed by atoms with van der Waals surface area (Å²) in [6.07, 6.45) is 0. The molecule has 1 aromatic heterocycles. The van der Waals surface area contributed by atoms with Gasteiger partial charge in [-0.15, -0.1) is 10.2 Å². The van der Waals surface area contributed by atoms with Gasteiger partial charge in [-0.1, -0.05) is 42.1 Å². The number of hydrogen-bond donors (Lipinski definition) is 1. The van der Waals surface area contributed by atoms with Crippen LogP contribution in [0.3, 0.4) is 0 Å². The van der Waals surface area contributed by atoms with Gasteiger partial charge in [-0.2, -0.15) is 0 Å². The molecule has 2 heterocycles. The van der Waals surface area contributed by atoms with E-state index in [0.29, 0.717) is 23.1 Å². The third kappa shape index (κ3) is 4.38. The minimum Gasteiger partial charge on any atom is -0.454 e. The number of thioether (sulfide) groups is 1. The lowest BCUT2D eigenvalue weighted by atomic mass is 10.1. The van der Waals surface area contributed by atoms with Gasteiger partial charge in [-0.05, 0) is 35.9 Å². The zero-order chi connectivity index (χ0) is 18.5. The van der Waals surface area contributed by atoms with E-state index in [1.165, 1.54) is 11.8 Å². The Labute approximate surface area is 160 Å².